The Bertz CT molecular complexity index is 580. The average Bonchev–Trinajstić information content (AvgIpc) is 2.80. The molecule has 4 N–H and O–H groups in total. The highest BCUT2D eigenvalue weighted by Gasteiger charge is 2.19. The van der Waals surface area contributed by atoms with Gasteiger partial charge in [-0.25, -0.2) is 0 Å². The van der Waals surface area contributed by atoms with Crippen molar-refractivity contribution in [1.29, 1.82) is 0 Å². The maximum Gasteiger partial charge on any atom is 0.317 e. The van der Waals surface area contributed by atoms with Crippen molar-refractivity contribution in [2.45, 2.75) is 40.5 Å². The third kappa shape index (κ3) is 20.8. The molecule has 12 heteroatoms. The summed E-state index contributed by atoms with van der Waals surface area (Å²) in [6, 6.07) is 0. The van der Waals surface area contributed by atoms with Crippen molar-refractivity contribution in [3.8, 4) is 0 Å². The molecule has 0 unspecified atom stereocenters. The highest BCUT2D eigenvalue weighted by Crippen LogP contribution is 2.01. The zero-order valence-corrected chi connectivity index (χ0v) is 21.9. The molecule has 0 aromatic rings. The van der Waals surface area contributed by atoms with Crippen LogP contribution in [0.1, 0.15) is 40.5 Å². The van der Waals surface area contributed by atoms with Crippen molar-refractivity contribution < 1.29 is 34.5 Å². The Balaban J connectivity index is 0. The number of nitrogens with one attached hydrogen (secondary N) is 1. The molecule has 1 aliphatic rings. The fourth-order valence-electron chi connectivity index (χ4n) is 3.42. The van der Waals surface area contributed by atoms with Gasteiger partial charge in [-0.1, -0.05) is 34.1 Å². The van der Waals surface area contributed by atoms with E-state index < -0.39 is 11.9 Å². The van der Waals surface area contributed by atoms with Crippen LogP contribution in [0.2, 0.25) is 0 Å². The number of carboxylic acid groups (broad SMARTS) is 3. The number of carbonyl (C=O) groups excluding carboxylic acids is 1. The van der Waals surface area contributed by atoms with Crippen molar-refractivity contribution in [2.24, 2.45) is 0 Å². The molecule has 0 atom stereocenters. The molecule has 1 saturated heterocycles. The largest absolute Gasteiger partial charge is 0.483 e. The van der Waals surface area contributed by atoms with E-state index in [-0.39, 0.29) is 25.5 Å². The van der Waals surface area contributed by atoms with Crippen molar-refractivity contribution >= 4 is 24.3 Å². The van der Waals surface area contributed by atoms with Crippen LogP contribution in [-0.4, -0.2) is 144 Å². The van der Waals surface area contributed by atoms with E-state index in [4.69, 9.17) is 9.90 Å². The third-order valence-corrected chi connectivity index (χ3v) is 5.31. The summed E-state index contributed by atoms with van der Waals surface area (Å²) >= 11 is 0. The van der Waals surface area contributed by atoms with Crippen LogP contribution >= 0.6 is 0 Å². The molecule has 1 fully saturated rings. The number of hydrogen-bond donors (Lipinski definition) is 4. The Labute approximate surface area is 209 Å². The van der Waals surface area contributed by atoms with Gasteiger partial charge in [-0.15, -0.1) is 0 Å². The van der Waals surface area contributed by atoms with Crippen LogP contribution in [0.5, 0.6) is 0 Å². The fraction of sp³-hybridized carbons (Fsp3) is 0.826. The van der Waals surface area contributed by atoms with Gasteiger partial charge in [0.05, 0.1) is 19.6 Å². The van der Waals surface area contributed by atoms with Crippen LogP contribution in [-0.2, 0) is 19.2 Å². The van der Waals surface area contributed by atoms with Gasteiger partial charge in [0, 0.05) is 58.9 Å². The first-order valence-corrected chi connectivity index (χ1v) is 12.4. The summed E-state index contributed by atoms with van der Waals surface area (Å²) in [6.45, 7) is 14.5. The lowest BCUT2D eigenvalue weighted by molar-refractivity contribution is -0.140. The molecule has 1 rings (SSSR count). The Morgan fingerprint density at radius 1 is 0.743 bits per heavy atom. The molecule has 1 aliphatic heterocycles. The summed E-state index contributed by atoms with van der Waals surface area (Å²) in [5.74, 6) is -1.79. The van der Waals surface area contributed by atoms with Gasteiger partial charge in [-0.2, -0.15) is 0 Å². The number of rotatable bonds is 10. The minimum absolute atomic E-state index is 0.00369. The Morgan fingerprint density at radius 3 is 1.40 bits per heavy atom. The Hall–Kier alpha value is -2.28. The van der Waals surface area contributed by atoms with E-state index in [9.17, 15) is 24.6 Å². The van der Waals surface area contributed by atoms with Gasteiger partial charge in [0.25, 0.3) is 6.47 Å². The van der Waals surface area contributed by atoms with E-state index in [0.29, 0.717) is 52.4 Å². The second-order valence-corrected chi connectivity index (χ2v) is 7.86. The number of carbonyl (C=O) groups is 4. The summed E-state index contributed by atoms with van der Waals surface area (Å²) in [4.78, 5) is 51.1. The number of amides is 1. The zero-order valence-electron chi connectivity index (χ0n) is 21.9. The van der Waals surface area contributed by atoms with Gasteiger partial charge in [-0.3, -0.25) is 33.9 Å². The first-order chi connectivity index (χ1) is 16.7. The molecule has 0 spiro atoms. The predicted molar refractivity (Wildman–Crippen MR) is 135 cm³/mol. The predicted octanol–water partition coefficient (Wildman–Crippen LogP) is 0.0404. The highest BCUT2D eigenvalue weighted by molar-refractivity contribution is 5.78. The second-order valence-electron chi connectivity index (χ2n) is 7.86. The van der Waals surface area contributed by atoms with Crippen molar-refractivity contribution in [3.05, 3.63) is 0 Å². The van der Waals surface area contributed by atoms with Gasteiger partial charge in [0.15, 0.2) is 0 Å². The van der Waals surface area contributed by atoms with Gasteiger partial charge in [-0.05, 0) is 13.0 Å². The van der Waals surface area contributed by atoms with Crippen LogP contribution in [0.25, 0.3) is 0 Å². The molecule has 206 valence electrons. The van der Waals surface area contributed by atoms with Crippen molar-refractivity contribution in [3.63, 3.8) is 0 Å². The van der Waals surface area contributed by atoms with Gasteiger partial charge >= 0.3 is 11.9 Å². The molecule has 12 nitrogen and oxygen atoms in total. The summed E-state index contributed by atoms with van der Waals surface area (Å²) in [6.07, 6.45) is 1.98. The molecule has 1 amide bonds. The maximum absolute atomic E-state index is 12.3. The SMILES string of the molecule is CC.CCCCNC(=O)CN1CCN(CC)CCN(CC(=O)O)CCN(CC(=O)O)CC1.O=CO. The molecule has 0 aromatic heterocycles. The van der Waals surface area contributed by atoms with E-state index in [1.165, 1.54) is 0 Å². The standard InChI is InChI=1S/C20H39N5O5.C2H6.CH2O2/c1-3-5-6-21-18(26)15-23-9-7-22(4-2)8-10-24(16-19(27)28)13-14-25(12-11-23)17-20(29)30;1-2;2-1-3/h3-17H2,1-2H3,(H,21,26)(H,27,28)(H,29,30);1-2H3;1H,(H,2,3). The molecule has 35 heavy (non-hydrogen) atoms. The van der Waals surface area contributed by atoms with Crippen molar-refractivity contribution in [1.82, 2.24) is 24.9 Å². The first-order valence-electron chi connectivity index (χ1n) is 12.4. The molecular weight excluding hydrogens is 458 g/mol. The monoisotopic (exact) mass is 505 g/mol. The number of likely N-dealkylation sites (N-methyl/N-ethyl adjacent to an activating group) is 1. The number of unbranched alkanes of at least 4 members (excludes halogenated alkanes) is 1. The molecular formula is C23H47N5O7. The minimum Gasteiger partial charge on any atom is -0.483 e. The summed E-state index contributed by atoms with van der Waals surface area (Å²) < 4.78 is 0. The third-order valence-electron chi connectivity index (χ3n) is 5.31. The quantitative estimate of drug-likeness (QED) is 0.235. The van der Waals surface area contributed by atoms with Crippen LogP contribution in [0.4, 0.5) is 0 Å². The van der Waals surface area contributed by atoms with E-state index in [1.807, 2.05) is 23.6 Å². The molecule has 0 aromatic carbocycles. The Morgan fingerprint density at radius 2 is 1.09 bits per heavy atom. The van der Waals surface area contributed by atoms with Crippen LogP contribution < -0.4 is 5.32 Å². The number of hydrogen-bond acceptors (Lipinski definition) is 8. The first kappa shape index (κ1) is 34.9. The molecule has 0 radical (unpaired) electrons. The number of aliphatic carboxylic acids is 2. The molecule has 0 aliphatic carbocycles. The zero-order chi connectivity index (χ0) is 27.1. The lowest BCUT2D eigenvalue weighted by atomic mass is 10.3. The lowest BCUT2D eigenvalue weighted by Crippen LogP contribution is -2.49. The summed E-state index contributed by atoms with van der Waals surface area (Å²) in [7, 11) is 0. The highest BCUT2D eigenvalue weighted by atomic mass is 16.4. The minimum atomic E-state index is -0.909. The Kier molecular flexibility index (Phi) is 23.4. The van der Waals surface area contributed by atoms with Crippen LogP contribution in [0.3, 0.4) is 0 Å². The smallest absolute Gasteiger partial charge is 0.317 e. The lowest BCUT2D eigenvalue weighted by Gasteiger charge is -2.33. The maximum atomic E-state index is 12.3. The average molecular weight is 506 g/mol. The van der Waals surface area contributed by atoms with Gasteiger partial charge in [0.2, 0.25) is 5.91 Å². The topological polar surface area (TPSA) is 154 Å². The summed E-state index contributed by atoms with van der Waals surface area (Å²) in [5, 5.41) is 28.2. The summed E-state index contributed by atoms with van der Waals surface area (Å²) in [5.41, 5.74) is 0. The molecule has 1 heterocycles. The van der Waals surface area contributed by atoms with Crippen molar-refractivity contribution in [2.75, 3.05) is 85.1 Å². The second kappa shape index (κ2) is 23.5. The van der Waals surface area contributed by atoms with Gasteiger partial charge in [0.1, 0.15) is 0 Å². The normalized spacial score (nSPS) is 16.8. The van der Waals surface area contributed by atoms with Crippen LogP contribution in [0, 0.1) is 0 Å². The van der Waals surface area contributed by atoms with E-state index >= 15 is 0 Å². The molecule has 0 saturated carbocycles. The van der Waals surface area contributed by atoms with Crippen LogP contribution in [0.15, 0.2) is 0 Å². The molecule has 0 bridgehead atoms. The van der Waals surface area contributed by atoms with E-state index in [0.717, 1.165) is 32.5 Å². The number of nitrogens with zero attached hydrogens (tertiary/aromatic N) is 4. The van der Waals surface area contributed by atoms with Gasteiger partial charge < -0.3 is 25.5 Å². The van der Waals surface area contributed by atoms with E-state index in [1.54, 1.807) is 0 Å². The number of carboxylic acids is 2. The van der Waals surface area contributed by atoms with E-state index in [2.05, 4.69) is 29.0 Å². The fourth-order valence-corrected chi connectivity index (χ4v) is 3.42.